The summed E-state index contributed by atoms with van der Waals surface area (Å²) in [6.07, 6.45) is 1.41. The Kier molecular flexibility index (Phi) is 3.73. The number of furan rings is 1. The van der Waals surface area contributed by atoms with Crippen LogP contribution in [-0.4, -0.2) is 10.9 Å². The topological polar surface area (TPSA) is 78.9 Å². The lowest BCUT2D eigenvalue weighted by atomic mass is 10.2. The predicted octanol–water partition coefficient (Wildman–Crippen LogP) is 3.74. The summed E-state index contributed by atoms with van der Waals surface area (Å²) in [5, 5.41) is 12.3. The van der Waals surface area contributed by atoms with Gasteiger partial charge in [0.1, 0.15) is 23.2 Å². The molecule has 3 rings (SSSR count). The second kappa shape index (κ2) is 5.84. The van der Waals surface area contributed by atoms with Crippen molar-refractivity contribution in [2.24, 2.45) is 0 Å². The highest BCUT2D eigenvalue weighted by Crippen LogP contribution is 2.25. The van der Waals surface area contributed by atoms with Crippen LogP contribution in [0.3, 0.4) is 0 Å². The maximum atomic E-state index is 12.2. The average Bonchev–Trinajstić information content (AvgIpc) is 3.09. The van der Waals surface area contributed by atoms with Crippen molar-refractivity contribution in [2.75, 3.05) is 5.32 Å². The van der Waals surface area contributed by atoms with E-state index >= 15 is 0 Å². The van der Waals surface area contributed by atoms with Crippen LogP contribution in [0.15, 0.2) is 46.4 Å². The SMILES string of the molecule is Cc1ccc(/C=C(/C#N)C(=O)Nc2nc3ccccc3s2)o1. The zero-order chi connectivity index (χ0) is 15.5. The standard InChI is InChI=1S/C16H11N3O2S/c1-10-6-7-12(21-10)8-11(9-17)15(20)19-16-18-13-4-2-3-5-14(13)22-16/h2-8H,1H3,(H,18,19,20)/b11-8-. The van der Waals surface area contributed by atoms with Crippen molar-refractivity contribution in [2.45, 2.75) is 6.92 Å². The lowest BCUT2D eigenvalue weighted by Gasteiger charge is -1.98. The molecule has 3 aromatic rings. The van der Waals surface area contributed by atoms with Gasteiger partial charge in [-0.2, -0.15) is 5.26 Å². The van der Waals surface area contributed by atoms with Gasteiger partial charge in [0.25, 0.3) is 5.91 Å². The molecule has 1 N–H and O–H groups in total. The second-order valence-electron chi connectivity index (χ2n) is 4.56. The molecule has 0 saturated heterocycles. The van der Waals surface area contributed by atoms with Gasteiger partial charge < -0.3 is 4.42 Å². The van der Waals surface area contributed by atoms with Crippen molar-refractivity contribution in [3.63, 3.8) is 0 Å². The van der Waals surface area contributed by atoms with E-state index in [1.165, 1.54) is 17.4 Å². The molecule has 0 spiro atoms. The van der Waals surface area contributed by atoms with Crippen LogP contribution in [0, 0.1) is 18.3 Å². The first-order chi connectivity index (χ1) is 10.7. The van der Waals surface area contributed by atoms with E-state index in [-0.39, 0.29) is 5.57 Å². The monoisotopic (exact) mass is 309 g/mol. The quantitative estimate of drug-likeness (QED) is 0.590. The van der Waals surface area contributed by atoms with Crippen LogP contribution < -0.4 is 5.32 Å². The van der Waals surface area contributed by atoms with Gasteiger partial charge in [-0.25, -0.2) is 4.98 Å². The van der Waals surface area contributed by atoms with Gasteiger partial charge in [-0.05, 0) is 31.2 Å². The summed E-state index contributed by atoms with van der Waals surface area (Å²) in [5.74, 6) is 0.680. The molecule has 0 aliphatic rings. The van der Waals surface area contributed by atoms with Crippen molar-refractivity contribution in [3.8, 4) is 6.07 Å². The summed E-state index contributed by atoms with van der Waals surface area (Å²) >= 11 is 1.36. The number of hydrogen-bond donors (Lipinski definition) is 1. The van der Waals surface area contributed by atoms with Gasteiger partial charge in [0.05, 0.1) is 10.2 Å². The first-order valence-electron chi connectivity index (χ1n) is 6.51. The predicted molar refractivity (Wildman–Crippen MR) is 85.3 cm³/mol. The molecule has 1 amide bonds. The number of aryl methyl sites for hydroxylation is 1. The van der Waals surface area contributed by atoms with Crippen molar-refractivity contribution >= 4 is 38.7 Å². The molecule has 2 heterocycles. The zero-order valence-electron chi connectivity index (χ0n) is 11.7. The number of para-hydroxylation sites is 1. The fraction of sp³-hybridized carbons (Fsp3) is 0.0625. The molecule has 0 bridgehead atoms. The first-order valence-corrected chi connectivity index (χ1v) is 7.32. The highest BCUT2D eigenvalue weighted by molar-refractivity contribution is 7.22. The number of nitrogens with zero attached hydrogens (tertiary/aromatic N) is 2. The number of carbonyl (C=O) groups excluding carboxylic acids is 1. The number of thiazole rings is 1. The molecule has 22 heavy (non-hydrogen) atoms. The Bertz CT molecular complexity index is 882. The van der Waals surface area contributed by atoms with Gasteiger partial charge in [0.15, 0.2) is 5.13 Å². The number of amides is 1. The van der Waals surface area contributed by atoms with Crippen LogP contribution in [0.1, 0.15) is 11.5 Å². The van der Waals surface area contributed by atoms with Crippen molar-refractivity contribution in [1.29, 1.82) is 5.26 Å². The van der Waals surface area contributed by atoms with Crippen LogP contribution in [0.2, 0.25) is 0 Å². The van der Waals surface area contributed by atoms with E-state index < -0.39 is 5.91 Å². The number of hydrogen-bond acceptors (Lipinski definition) is 5. The molecule has 0 radical (unpaired) electrons. The van der Waals surface area contributed by atoms with E-state index in [1.54, 1.807) is 19.1 Å². The lowest BCUT2D eigenvalue weighted by Crippen LogP contribution is -2.13. The van der Waals surface area contributed by atoms with E-state index in [4.69, 9.17) is 9.68 Å². The molecule has 0 unspecified atom stereocenters. The highest BCUT2D eigenvalue weighted by atomic mass is 32.1. The van der Waals surface area contributed by atoms with Gasteiger partial charge in [-0.15, -0.1) is 0 Å². The Hall–Kier alpha value is -2.91. The minimum Gasteiger partial charge on any atom is -0.462 e. The van der Waals surface area contributed by atoms with E-state index in [0.29, 0.717) is 10.9 Å². The van der Waals surface area contributed by atoms with Gasteiger partial charge in [0, 0.05) is 6.08 Å². The van der Waals surface area contributed by atoms with Crippen molar-refractivity contribution in [1.82, 2.24) is 4.98 Å². The maximum absolute atomic E-state index is 12.2. The van der Waals surface area contributed by atoms with E-state index in [1.807, 2.05) is 30.3 Å². The molecular formula is C16H11N3O2S. The Balaban J connectivity index is 1.83. The largest absolute Gasteiger partial charge is 0.462 e. The van der Waals surface area contributed by atoms with Gasteiger partial charge >= 0.3 is 0 Å². The van der Waals surface area contributed by atoms with Crippen LogP contribution >= 0.6 is 11.3 Å². The molecule has 0 saturated carbocycles. The number of fused-ring (bicyclic) bond motifs is 1. The third-order valence-electron chi connectivity index (χ3n) is 2.93. The molecule has 5 nitrogen and oxygen atoms in total. The summed E-state index contributed by atoms with van der Waals surface area (Å²) < 4.78 is 6.32. The van der Waals surface area contributed by atoms with Crippen LogP contribution in [0.4, 0.5) is 5.13 Å². The minimum absolute atomic E-state index is 0.0337. The number of benzene rings is 1. The average molecular weight is 309 g/mol. The van der Waals surface area contributed by atoms with Crippen molar-refractivity contribution in [3.05, 3.63) is 53.5 Å². The number of nitrogens with one attached hydrogen (secondary N) is 1. The Morgan fingerprint density at radius 3 is 2.86 bits per heavy atom. The second-order valence-corrected chi connectivity index (χ2v) is 5.59. The molecule has 0 atom stereocenters. The van der Waals surface area contributed by atoms with Gasteiger partial charge in [-0.3, -0.25) is 10.1 Å². The number of anilines is 1. The third kappa shape index (κ3) is 2.90. The van der Waals surface area contributed by atoms with E-state index in [2.05, 4.69) is 10.3 Å². The van der Waals surface area contributed by atoms with Crippen LogP contribution in [0.5, 0.6) is 0 Å². The highest BCUT2D eigenvalue weighted by Gasteiger charge is 2.13. The van der Waals surface area contributed by atoms with Crippen LogP contribution in [0.25, 0.3) is 16.3 Å². The molecule has 0 aliphatic carbocycles. The summed E-state index contributed by atoms with van der Waals surface area (Å²) in [5.41, 5.74) is 0.778. The van der Waals surface area contributed by atoms with Gasteiger partial charge in [0.2, 0.25) is 0 Å². The smallest absolute Gasteiger partial charge is 0.268 e. The van der Waals surface area contributed by atoms with E-state index in [0.717, 1.165) is 16.0 Å². The Morgan fingerprint density at radius 1 is 1.36 bits per heavy atom. The number of carbonyl (C=O) groups is 1. The van der Waals surface area contributed by atoms with Crippen molar-refractivity contribution < 1.29 is 9.21 Å². The molecule has 0 aliphatic heterocycles. The summed E-state index contributed by atoms with van der Waals surface area (Å²) in [7, 11) is 0. The molecule has 0 fully saturated rings. The maximum Gasteiger partial charge on any atom is 0.268 e. The Morgan fingerprint density at radius 2 is 2.18 bits per heavy atom. The molecule has 108 valence electrons. The minimum atomic E-state index is -0.504. The fourth-order valence-corrected chi connectivity index (χ4v) is 2.77. The fourth-order valence-electron chi connectivity index (χ4n) is 1.91. The third-order valence-corrected chi connectivity index (χ3v) is 3.88. The summed E-state index contributed by atoms with van der Waals surface area (Å²) in [6.45, 7) is 1.80. The number of rotatable bonds is 3. The summed E-state index contributed by atoms with van der Waals surface area (Å²) in [4.78, 5) is 16.5. The molecule has 1 aromatic carbocycles. The molecule has 6 heteroatoms. The van der Waals surface area contributed by atoms with E-state index in [9.17, 15) is 4.79 Å². The molecule has 2 aromatic heterocycles. The normalized spacial score (nSPS) is 11.4. The lowest BCUT2D eigenvalue weighted by molar-refractivity contribution is -0.112. The molecular weight excluding hydrogens is 298 g/mol. The first kappa shape index (κ1) is 14.0. The Labute approximate surface area is 130 Å². The van der Waals surface area contributed by atoms with Crippen LogP contribution in [-0.2, 0) is 4.79 Å². The number of nitriles is 1. The summed E-state index contributed by atoms with van der Waals surface area (Å²) in [6, 6.07) is 12.9. The van der Waals surface area contributed by atoms with Gasteiger partial charge in [-0.1, -0.05) is 23.5 Å². The number of aromatic nitrogens is 1. The zero-order valence-corrected chi connectivity index (χ0v) is 12.5.